The molecule has 1 fully saturated rings. The van der Waals surface area contributed by atoms with Gasteiger partial charge in [0.1, 0.15) is 0 Å². The van der Waals surface area contributed by atoms with Gasteiger partial charge in [-0.15, -0.1) is 0 Å². The van der Waals surface area contributed by atoms with E-state index in [0.29, 0.717) is 17.8 Å². The van der Waals surface area contributed by atoms with Gasteiger partial charge >= 0.3 is 5.97 Å². The standard InChI is InChI=1S/C22H29N3O5/c1-3-5-6-9-14-23-18(26)15-30-21(29)22-13-12-19(27)25(22)17-11-8-7-10-16(17)20(28)24(22)4-2/h7-8,10-11H,3-6,9,12-15H2,1-2H3,(H,23,26)/t22-/m0/s1. The van der Waals surface area contributed by atoms with E-state index in [1.165, 1.54) is 9.80 Å². The predicted molar refractivity (Wildman–Crippen MR) is 111 cm³/mol. The van der Waals surface area contributed by atoms with Gasteiger partial charge in [0, 0.05) is 25.9 Å². The first kappa shape index (κ1) is 21.8. The van der Waals surface area contributed by atoms with Crippen molar-refractivity contribution < 1.29 is 23.9 Å². The van der Waals surface area contributed by atoms with Gasteiger partial charge in [-0.2, -0.15) is 0 Å². The number of fused-ring (bicyclic) bond motifs is 3. The van der Waals surface area contributed by atoms with Crippen LogP contribution in [-0.4, -0.2) is 54.0 Å². The van der Waals surface area contributed by atoms with Crippen molar-refractivity contribution in [2.24, 2.45) is 0 Å². The van der Waals surface area contributed by atoms with Crippen LogP contribution in [0.5, 0.6) is 0 Å². The Morgan fingerprint density at radius 1 is 1.13 bits per heavy atom. The average Bonchev–Trinajstić information content (AvgIpc) is 3.10. The van der Waals surface area contributed by atoms with Gasteiger partial charge in [0.2, 0.25) is 11.6 Å². The molecule has 2 aliphatic rings. The molecule has 1 N–H and O–H groups in total. The van der Waals surface area contributed by atoms with E-state index in [0.717, 1.165) is 25.7 Å². The smallest absolute Gasteiger partial charge is 0.354 e. The number of nitrogens with zero attached hydrogens (tertiary/aromatic N) is 2. The lowest BCUT2D eigenvalue weighted by molar-refractivity contribution is -0.160. The number of carbonyl (C=O) groups is 4. The van der Waals surface area contributed by atoms with Crippen LogP contribution < -0.4 is 10.2 Å². The van der Waals surface area contributed by atoms with E-state index >= 15 is 0 Å². The third kappa shape index (κ3) is 3.78. The molecule has 30 heavy (non-hydrogen) atoms. The third-order valence-corrected chi connectivity index (χ3v) is 5.70. The number of anilines is 1. The van der Waals surface area contributed by atoms with Gasteiger partial charge in [0.25, 0.3) is 11.8 Å². The number of likely N-dealkylation sites (N-methyl/N-ethyl adjacent to an activating group) is 1. The Hall–Kier alpha value is -2.90. The Kier molecular flexibility index (Phi) is 6.74. The second-order valence-corrected chi connectivity index (χ2v) is 7.60. The molecule has 0 radical (unpaired) electrons. The summed E-state index contributed by atoms with van der Waals surface area (Å²) in [6.45, 7) is 4.19. The minimum Gasteiger partial charge on any atom is -0.452 e. The topological polar surface area (TPSA) is 96.0 Å². The Labute approximate surface area is 176 Å². The van der Waals surface area contributed by atoms with Crippen molar-refractivity contribution in [3.05, 3.63) is 29.8 Å². The number of rotatable bonds is 9. The molecule has 0 spiro atoms. The molecule has 0 aromatic heterocycles. The number of hydrogen-bond donors (Lipinski definition) is 1. The number of carbonyl (C=O) groups excluding carboxylic acids is 4. The van der Waals surface area contributed by atoms with Crippen molar-refractivity contribution in [3.63, 3.8) is 0 Å². The number of ether oxygens (including phenoxy) is 1. The maximum atomic E-state index is 13.2. The molecule has 162 valence electrons. The zero-order valence-electron chi connectivity index (χ0n) is 17.6. The number of amides is 3. The zero-order valence-corrected chi connectivity index (χ0v) is 17.6. The number of benzene rings is 1. The first-order valence-electron chi connectivity index (χ1n) is 10.6. The maximum absolute atomic E-state index is 13.2. The monoisotopic (exact) mass is 415 g/mol. The summed E-state index contributed by atoms with van der Waals surface area (Å²) in [5.74, 6) is -1.71. The first-order chi connectivity index (χ1) is 14.5. The number of nitrogens with one attached hydrogen (secondary N) is 1. The molecule has 0 unspecified atom stereocenters. The van der Waals surface area contributed by atoms with Crippen LogP contribution in [0, 0.1) is 0 Å². The first-order valence-corrected chi connectivity index (χ1v) is 10.6. The summed E-state index contributed by atoms with van der Waals surface area (Å²) >= 11 is 0. The van der Waals surface area contributed by atoms with Crippen LogP contribution in [0.2, 0.25) is 0 Å². The average molecular weight is 415 g/mol. The van der Waals surface area contributed by atoms with Crippen LogP contribution in [0.25, 0.3) is 0 Å². The Bertz CT molecular complexity index is 840. The molecule has 0 saturated carbocycles. The number of unbranched alkanes of at least 4 members (excludes halogenated alkanes) is 3. The van der Waals surface area contributed by atoms with Crippen molar-refractivity contribution in [2.75, 3.05) is 24.6 Å². The molecule has 0 aliphatic carbocycles. The van der Waals surface area contributed by atoms with E-state index in [2.05, 4.69) is 12.2 Å². The largest absolute Gasteiger partial charge is 0.452 e. The van der Waals surface area contributed by atoms with E-state index < -0.39 is 24.1 Å². The van der Waals surface area contributed by atoms with Gasteiger partial charge in [-0.1, -0.05) is 38.3 Å². The molecule has 2 aliphatic heterocycles. The van der Waals surface area contributed by atoms with E-state index in [1.54, 1.807) is 31.2 Å². The van der Waals surface area contributed by atoms with E-state index in [4.69, 9.17) is 4.74 Å². The van der Waals surface area contributed by atoms with Gasteiger partial charge in [0.05, 0.1) is 11.3 Å². The van der Waals surface area contributed by atoms with Gasteiger partial charge in [-0.3, -0.25) is 19.3 Å². The third-order valence-electron chi connectivity index (χ3n) is 5.70. The van der Waals surface area contributed by atoms with Gasteiger partial charge in [-0.05, 0) is 25.5 Å². The van der Waals surface area contributed by atoms with E-state index in [1.807, 2.05) is 0 Å². The van der Waals surface area contributed by atoms with Crippen molar-refractivity contribution in [1.82, 2.24) is 10.2 Å². The van der Waals surface area contributed by atoms with Crippen LogP contribution >= 0.6 is 0 Å². The highest BCUT2D eigenvalue weighted by molar-refractivity contribution is 6.15. The highest BCUT2D eigenvalue weighted by Crippen LogP contribution is 2.44. The number of para-hydroxylation sites is 1. The van der Waals surface area contributed by atoms with E-state index in [9.17, 15) is 19.2 Å². The summed E-state index contributed by atoms with van der Waals surface area (Å²) in [7, 11) is 0. The fraction of sp³-hybridized carbons (Fsp3) is 0.545. The fourth-order valence-corrected chi connectivity index (χ4v) is 4.25. The molecule has 1 aromatic rings. The molecular formula is C22H29N3O5. The maximum Gasteiger partial charge on any atom is 0.354 e. The van der Waals surface area contributed by atoms with Crippen LogP contribution in [0.3, 0.4) is 0 Å². The SMILES string of the molecule is CCCCCCNC(=O)COC(=O)[C@]12CCC(=O)N1c1ccccc1C(=O)N2CC. The van der Waals surface area contributed by atoms with Crippen LogP contribution in [0.4, 0.5) is 5.69 Å². The molecule has 3 amide bonds. The molecule has 3 rings (SSSR count). The van der Waals surface area contributed by atoms with Gasteiger partial charge in [0.15, 0.2) is 6.61 Å². The summed E-state index contributed by atoms with van der Waals surface area (Å²) in [6.07, 6.45) is 4.38. The highest BCUT2D eigenvalue weighted by atomic mass is 16.5. The lowest BCUT2D eigenvalue weighted by Crippen LogP contribution is -2.68. The van der Waals surface area contributed by atoms with E-state index in [-0.39, 0.29) is 31.2 Å². The molecule has 2 heterocycles. The van der Waals surface area contributed by atoms with Crippen LogP contribution in [-0.2, 0) is 19.1 Å². The summed E-state index contributed by atoms with van der Waals surface area (Å²) < 4.78 is 5.33. The fourth-order valence-electron chi connectivity index (χ4n) is 4.25. The molecule has 1 aromatic carbocycles. The molecule has 0 bridgehead atoms. The Balaban J connectivity index is 1.75. The lowest BCUT2D eigenvalue weighted by atomic mass is 9.96. The van der Waals surface area contributed by atoms with Crippen molar-refractivity contribution >= 4 is 29.4 Å². The van der Waals surface area contributed by atoms with Gasteiger partial charge < -0.3 is 15.0 Å². The zero-order chi connectivity index (χ0) is 21.7. The Morgan fingerprint density at radius 3 is 2.63 bits per heavy atom. The van der Waals surface area contributed by atoms with Crippen molar-refractivity contribution in [1.29, 1.82) is 0 Å². The summed E-state index contributed by atoms with van der Waals surface area (Å²) in [5.41, 5.74) is -0.756. The quantitative estimate of drug-likeness (QED) is 0.493. The summed E-state index contributed by atoms with van der Waals surface area (Å²) in [6, 6.07) is 6.75. The van der Waals surface area contributed by atoms with Gasteiger partial charge in [-0.25, -0.2) is 4.79 Å². The second kappa shape index (κ2) is 9.28. The normalized spacial score (nSPS) is 20.1. The number of esters is 1. The van der Waals surface area contributed by atoms with Crippen molar-refractivity contribution in [3.8, 4) is 0 Å². The number of hydrogen-bond acceptors (Lipinski definition) is 5. The Morgan fingerprint density at radius 2 is 1.90 bits per heavy atom. The molecule has 8 heteroatoms. The van der Waals surface area contributed by atoms with Crippen LogP contribution in [0.1, 0.15) is 62.7 Å². The van der Waals surface area contributed by atoms with Crippen molar-refractivity contribution in [2.45, 2.75) is 58.0 Å². The van der Waals surface area contributed by atoms with Crippen LogP contribution in [0.15, 0.2) is 24.3 Å². The minimum atomic E-state index is -1.54. The minimum absolute atomic E-state index is 0.122. The summed E-state index contributed by atoms with van der Waals surface area (Å²) in [4.78, 5) is 53.8. The molecule has 8 nitrogen and oxygen atoms in total. The molecular weight excluding hydrogens is 386 g/mol. The molecule has 1 saturated heterocycles. The lowest BCUT2D eigenvalue weighted by Gasteiger charge is -2.47. The summed E-state index contributed by atoms with van der Waals surface area (Å²) in [5, 5.41) is 2.74. The second-order valence-electron chi connectivity index (χ2n) is 7.60. The highest BCUT2D eigenvalue weighted by Gasteiger charge is 2.61. The molecule has 1 atom stereocenters. The predicted octanol–water partition coefficient (Wildman–Crippen LogP) is 2.23.